The number of esters is 1. The molecule has 0 aromatic heterocycles. The average Bonchev–Trinajstić information content (AvgIpc) is 2.78. The van der Waals surface area contributed by atoms with Crippen LogP contribution in [0, 0.1) is 19.8 Å². The van der Waals surface area contributed by atoms with Crippen LogP contribution in [0.3, 0.4) is 0 Å². The summed E-state index contributed by atoms with van der Waals surface area (Å²) in [5, 5.41) is 0. The second-order valence-corrected chi connectivity index (χ2v) is 4.60. The van der Waals surface area contributed by atoms with Gasteiger partial charge in [-0.2, -0.15) is 0 Å². The quantitative estimate of drug-likeness (QED) is 0.561. The zero-order valence-corrected chi connectivity index (χ0v) is 9.95. The molecule has 0 saturated heterocycles. The molecule has 1 aliphatic carbocycles. The van der Waals surface area contributed by atoms with Crippen molar-refractivity contribution >= 4 is 5.97 Å². The van der Waals surface area contributed by atoms with Crippen molar-refractivity contribution in [2.24, 2.45) is 5.92 Å². The SMILES string of the molecule is Cc1cccc(OC(=O)C2CCCC2)c1C. The van der Waals surface area contributed by atoms with Crippen LogP contribution in [0.25, 0.3) is 0 Å². The van der Waals surface area contributed by atoms with Crippen molar-refractivity contribution in [3.8, 4) is 5.75 Å². The molecule has 0 N–H and O–H groups in total. The van der Waals surface area contributed by atoms with Gasteiger partial charge in [-0.15, -0.1) is 0 Å². The maximum absolute atomic E-state index is 11.9. The molecule has 1 aromatic carbocycles. The van der Waals surface area contributed by atoms with Gasteiger partial charge in [-0.05, 0) is 43.9 Å². The van der Waals surface area contributed by atoms with Crippen molar-refractivity contribution in [3.05, 3.63) is 29.3 Å². The number of ether oxygens (including phenoxy) is 1. The highest BCUT2D eigenvalue weighted by Crippen LogP contribution is 2.28. The molecule has 0 bridgehead atoms. The molecular weight excluding hydrogens is 200 g/mol. The fraction of sp³-hybridized carbons (Fsp3) is 0.500. The van der Waals surface area contributed by atoms with Crippen molar-refractivity contribution < 1.29 is 9.53 Å². The van der Waals surface area contributed by atoms with Gasteiger partial charge in [0.15, 0.2) is 0 Å². The van der Waals surface area contributed by atoms with E-state index in [1.165, 1.54) is 0 Å². The largest absolute Gasteiger partial charge is 0.426 e. The second kappa shape index (κ2) is 4.69. The predicted octanol–water partition coefficient (Wildman–Crippen LogP) is 3.40. The average molecular weight is 218 g/mol. The number of rotatable bonds is 2. The van der Waals surface area contributed by atoms with Crippen LogP contribution < -0.4 is 4.74 Å². The molecule has 0 unspecified atom stereocenters. The highest BCUT2D eigenvalue weighted by Gasteiger charge is 2.24. The number of aryl methyl sites for hydroxylation is 1. The number of hydrogen-bond acceptors (Lipinski definition) is 2. The van der Waals surface area contributed by atoms with Crippen molar-refractivity contribution in [2.75, 3.05) is 0 Å². The molecule has 0 aliphatic heterocycles. The molecule has 0 atom stereocenters. The fourth-order valence-corrected chi connectivity index (χ4v) is 2.19. The number of benzene rings is 1. The molecule has 86 valence electrons. The summed E-state index contributed by atoms with van der Waals surface area (Å²) in [6.07, 6.45) is 4.30. The molecule has 1 aromatic rings. The van der Waals surface area contributed by atoms with Crippen LogP contribution in [0.15, 0.2) is 18.2 Å². The van der Waals surface area contributed by atoms with Gasteiger partial charge in [0, 0.05) is 0 Å². The number of carbonyl (C=O) groups excluding carboxylic acids is 1. The Morgan fingerprint density at radius 2 is 1.94 bits per heavy atom. The van der Waals surface area contributed by atoms with Gasteiger partial charge in [0.25, 0.3) is 0 Å². The van der Waals surface area contributed by atoms with Crippen molar-refractivity contribution in [1.29, 1.82) is 0 Å². The maximum atomic E-state index is 11.9. The molecule has 0 radical (unpaired) electrons. The van der Waals surface area contributed by atoms with Crippen LogP contribution in [-0.2, 0) is 4.79 Å². The molecule has 1 saturated carbocycles. The Kier molecular flexibility index (Phi) is 3.28. The van der Waals surface area contributed by atoms with Crippen molar-refractivity contribution in [2.45, 2.75) is 39.5 Å². The third-order valence-electron chi connectivity index (χ3n) is 3.45. The van der Waals surface area contributed by atoms with Gasteiger partial charge in [-0.1, -0.05) is 25.0 Å². The molecule has 0 amide bonds. The lowest BCUT2D eigenvalue weighted by atomic mass is 10.1. The summed E-state index contributed by atoms with van der Waals surface area (Å²) in [6.45, 7) is 4.02. The normalized spacial score (nSPS) is 16.4. The zero-order chi connectivity index (χ0) is 11.5. The first-order chi connectivity index (χ1) is 7.68. The van der Waals surface area contributed by atoms with E-state index in [4.69, 9.17) is 4.74 Å². The van der Waals surface area contributed by atoms with Gasteiger partial charge in [-0.25, -0.2) is 0 Å². The topological polar surface area (TPSA) is 26.3 Å². The molecule has 2 rings (SSSR count). The van der Waals surface area contributed by atoms with Crippen molar-refractivity contribution in [3.63, 3.8) is 0 Å². The maximum Gasteiger partial charge on any atom is 0.314 e. The third kappa shape index (κ3) is 2.26. The van der Waals surface area contributed by atoms with Crippen LogP contribution in [0.2, 0.25) is 0 Å². The molecule has 1 fully saturated rings. The van der Waals surface area contributed by atoms with E-state index in [-0.39, 0.29) is 11.9 Å². The molecule has 0 spiro atoms. The van der Waals surface area contributed by atoms with E-state index in [9.17, 15) is 4.79 Å². The van der Waals surface area contributed by atoms with Gasteiger partial charge in [0.1, 0.15) is 5.75 Å². The minimum Gasteiger partial charge on any atom is -0.426 e. The van der Waals surface area contributed by atoms with Gasteiger partial charge in [0.05, 0.1) is 5.92 Å². The summed E-state index contributed by atoms with van der Waals surface area (Å²) in [5.74, 6) is 0.794. The van der Waals surface area contributed by atoms with Crippen LogP contribution in [-0.4, -0.2) is 5.97 Å². The predicted molar refractivity (Wildman–Crippen MR) is 63.5 cm³/mol. The van der Waals surface area contributed by atoms with E-state index in [0.717, 1.165) is 42.6 Å². The lowest BCUT2D eigenvalue weighted by molar-refractivity contribution is -0.138. The minimum absolute atomic E-state index is 0.0498. The molecular formula is C14H18O2. The minimum atomic E-state index is -0.0498. The first kappa shape index (κ1) is 11.2. The molecule has 0 heterocycles. The zero-order valence-electron chi connectivity index (χ0n) is 9.95. The first-order valence-corrected chi connectivity index (χ1v) is 5.96. The van der Waals surface area contributed by atoms with Gasteiger partial charge >= 0.3 is 5.97 Å². The van der Waals surface area contributed by atoms with Crippen LogP contribution >= 0.6 is 0 Å². The van der Waals surface area contributed by atoms with Crippen LogP contribution in [0.4, 0.5) is 0 Å². The van der Waals surface area contributed by atoms with Crippen LogP contribution in [0.1, 0.15) is 36.8 Å². The lowest BCUT2D eigenvalue weighted by Crippen LogP contribution is -2.18. The summed E-state index contributed by atoms with van der Waals surface area (Å²) < 4.78 is 5.47. The Morgan fingerprint density at radius 1 is 1.25 bits per heavy atom. The lowest BCUT2D eigenvalue weighted by Gasteiger charge is -2.12. The van der Waals surface area contributed by atoms with Gasteiger partial charge < -0.3 is 4.74 Å². The van der Waals surface area contributed by atoms with Crippen LogP contribution in [0.5, 0.6) is 5.75 Å². The highest BCUT2D eigenvalue weighted by molar-refractivity contribution is 5.75. The molecule has 2 heteroatoms. The van der Waals surface area contributed by atoms with Crippen molar-refractivity contribution in [1.82, 2.24) is 0 Å². The fourth-order valence-electron chi connectivity index (χ4n) is 2.19. The molecule has 1 aliphatic rings. The molecule has 2 nitrogen and oxygen atoms in total. The van der Waals surface area contributed by atoms with E-state index < -0.39 is 0 Å². The van der Waals surface area contributed by atoms with E-state index in [2.05, 4.69) is 0 Å². The van der Waals surface area contributed by atoms with E-state index in [0.29, 0.717) is 0 Å². The Bertz CT molecular complexity index is 390. The Hall–Kier alpha value is -1.31. The van der Waals surface area contributed by atoms with E-state index in [1.54, 1.807) is 0 Å². The monoisotopic (exact) mass is 218 g/mol. The Balaban J connectivity index is 2.08. The summed E-state index contributed by atoms with van der Waals surface area (Å²) in [5.41, 5.74) is 2.23. The van der Waals surface area contributed by atoms with E-state index in [1.807, 2.05) is 32.0 Å². The highest BCUT2D eigenvalue weighted by atomic mass is 16.5. The summed E-state index contributed by atoms with van der Waals surface area (Å²) >= 11 is 0. The summed E-state index contributed by atoms with van der Waals surface area (Å²) in [4.78, 5) is 11.9. The van der Waals surface area contributed by atoms with Gasteiger partial charge in [0.2, 0.25) is 0 Å². The number of hydrogen-bond donors (Lipinski definition) is 0. The van der Waals surface area contributed by atoms with E-state index >= 15 is 0 Å². The third-order valence-corrected chi connectivity index (χ3v) is 3.45. The second-order valence-electron chi connectivity index (χ2n) is 4.60. The molecule has 16 heavy (non-hydrogen) atoms. The Labute approximate surface area is 96.6 Å². The number of carbonyl (C=O) groups is 1. The smallest absolute Gasteiger partial charge is 0.314 e. The standard InChI is InChI=1S/C14H18O2/c1-10-6-5-9-13(11(10)2)16-14(15)12-7-3-4-8-12/h5-6,9,12H,3-4,7-8H2,1-2H3. The summed E-state index contributed by atoms with van der Waals surface area (Å²) in [6, 6.07) is 5.83. The first-order valence-electron chi connectivity index (χ1n) is 5.96. The Morgan fingerprint density at radius 3 is 2.62 bits per heavy atom. The van der Waals surface area contributed by atoms with Gasteiger partial charge in [-0.3, -0.25) is 4.79 Å². The summed E-state index contributed by atoms with van der Waals surface area (Å²) in [7, 11) is 0.